The minimum atomic E-state index is -0.454. The van der Waals surface area contributed by atoms with Gasteiger partial charge in [0.15, 0.2) is 0 Å². The van der Waals surface area contributed by atoms with Crippen LogP contribution in [0.4, 0.5) is 4.79 Å². The van der Waals surface area contributed by atoms with Gasteiger partial charge in [-0.2, -0.15) is 0 Å². The van der Waals surface area contributed by atoms with E-state index >= 15 is 0 Å². The van der Waals surface area contributed by atoms with Crippen molar-refractivity contribution in [1.29, 1.82) is 0 Å². The number of carbonyl (C=O) groups is 2. The summed E-state index contributed by atoms with van der Waals surface area (Å²) in [5.74, 6) is 0.151. The van der Waals surface area contributed by atoms with Crippen LogP contribution in [0, 0.1) is 5.92 Å². The van der Waals surface area contributed by atoms with Crippen LogP contribution in [0.25, 0.3) is 0 Å². The summed E-state index contributed by atoms with van der Waals surface area (Å²) in [6, 6.07) is 0.0816. The SMILES string of the molecule is CCOC(=O)C[C@H]1CCN2C(=O)OC(C)(C)[C@H]2C1. The van der Waals surface area contributed by atoms with Crippen molar-refractivity contribution >= 4 is 12.1 Å². The summed E-state index contributed by atoms with van der Waals surface area (Å²) in [7, 11) is 0. The van der Waals surface area contributed by atoms with Gasteiger partial charge in [0.25, 0.3) is 0 Å². The molecular formula is C13H21NO4. The molecule has 102 valence electrons. The first-order valence-electron chi connectivity index (χ1n) is 6.59. The summed E-state index contributed by atoms with van der Waals surface area (Å²) in [6.07, 6.45) is 1.89. The van der Waals surface area contributed by atoms with Crippen molar-refractivity contribution in [2.75, 3.05) is 13.2 Å². The molecule has 0 bridgehead atoms. The molecule has 0 unspecified atom stereocenters. The number of piperidine rings is 1. The molecule has 0 saturated carbocycles. The molecule has 0 aromatic heterocycles. The molecule has 1 amide bonds. The number of cyclic esters (lactones) is 1. The van der Waals surface area contributed by atoms with Crippen molar-refractivity contribution in [3.05, 3.63) is 0 Å². The molecule has 5 nitrogen and oxygen atoms in total. The first kappa shape index (κ1) is 13.2. The number of carbonyl (C=O) groups excluding carboxylic acids is 2. The fourth-order valence-electron chi connectivity index (χ4n) is 2.91. The summed E-state index contributed by atoms with van der Waals surface area (Å²) in [6.45, 7) is 6.78. The predicted molar refractivity (Wildman–Crippen MR) is 65.0 cm³/mol. The molecule has 2 aliphatic heterocycles. The van der Waals surface area contributed by atoms with Gasteiger partial charge >= 0.3 is 12.1 Å². The Labute approximate surface area is 107 Å². The van der Waals surface area contributed by atoms with Crippen molar-refractivity contribution < 1.29 is 19.1 Å². The van der Waals surface area contributed by atoms with Crippen LogP contribution in [0.3, 0.4) is 0 Å². The second-order valence-corrected chi connectivity index (χ2v) is 5.58. The normalized spacial score (nSPS) is 29.7. The van der Waals surface area contributed by atoms with Gasteiger partial charge in [0.05, 0.1) is 12.6 Å². The molecule has 2 aliphatic rings. The van der Waals surface area contributed by atoms with E-state index in [-0.39, 0.29) is 18.1 Å². The minimum absolute atomic E-state index is 0.0816. The lowest BCUT2D eigenvalue weighted by atomic mass is 9.82. The van der Waals surface area contributed by atoms with Crippen molar-refractivity contribution in [2.24, 2.45) is 5.92 Å². The van der Waals surface area contributed by atoms with Crippen molar-refractivity contribution in [3.63, 3.8) is 0 Å². The Hall–Kier alpha value is -1.26. The lowest BCUT2D eigenvalue weighted by molar-refractivity contribution is -0.144. The van der Waals surface area contributed by atoms with Crippen molar-refractivity contribution in [2.45, 2.75) is 51.7 Å². The molecule has 0 aromatic rings. The second kappa shape index (κ2) is 4.78. The van der Waals surface area contributed by atoms with Crippen molar-refractivity contribution in [3.8, 4) is 0 Å². The molecule has 2 fully saturated rings. The topological polar surface area (TPSA) is 55.8 Å². The van der Waals surface area contributed by atoms with Gasteiger partial charge in [-0.05, 0) is 39.5 Å². The van der Waals surface area contributed by atoms with E-state index in [0.29, 0.717) is 25.5 Å². The minimum Gasteiger partial charge on any atom is -0.466 e. The molecule has 2 rings (SSSR count). The van der Waals surface area contributed by atoms with Crippen LogP contribution in [0.15, 0.2) is 0 Å². The summed E-state index contributed by atoms with van der Waals surface area (Å²) in [5.41, 5.74) is -0.454. The summed E-state index contributed by atoms with van der Waals surface area (Å²) in [5, 5.41) is 0. The van der Waals surface area contributed by atoms with E-state index < -0.39 is 5.60 Å². The van der Waals surface area contributed by atoms with Gasteiger partial charge in [-0.15, -0.1) is 0 Å². The van der Waals surface area contributed by atoms with Gasteiger partial charge in [0, 0.05) is 13.0 Å². The Morgan fingerprint density at radius 3 is 2.94 bits per heavy atom. The average molecular weight is 255 g/mol. The number of amides is 1. The lowest BCUT2D eigenvalue weighted by Crippen LogP contribution is -2.47. The van der Waals surface area contributed by atoms with Gasteiger partial charge in [0.2, 0.25) is 0 Å². The quantitative estimate of drug-likeness (QED) is 0.723. The summed E-state index contributed by atoms with van der Waals surface area (Å²) < 4.78 is 10.3. The zero-order valence-corrected chi connectivity index (χ0v) is 11.3. The maximum atomic E-state index is 11.7. The first-order valence-corrected chi connectivity index (χ1v) is 6.59. The average Bonchev–Trinajstić information content (AvgIpc) is 2.50. The zero-order valence-electron chi connectivity index (χ0n) is 11.3. The molecule has 5 heteroatoms. The molecule has 18 heavy (non-hydrogen) atoms. The fourth-order valence-corrected chi connectivity index (χ4v) is 2.91. The van der Waals surface area contributed by atoms with Gasteiger partial charge in [-0.25, -0.2) is 4.79 Å². The number of hydrogen-bond donors (Lipinski definition) is 0. The maximum absolute atomic E-state index is 11.7. The maximum Gasteiger partial charge on any atom is 0.410 e. The van der Waals surface area contributed by atoms with E-state index in [2.05, 4.69) is 0 Å². The highest BCUT2D eigenvalue weighted by molar-refractivity contribution is 5.72. The van der Waals surface area contributed by atoms with Crippen LogP contribution in [0.1, 0.15) is 40.0 Å². The molecule has 2 heterocycles. The van der Waals surface area contributed by atoms with E-state index in [1.54, 1.807) is 4.90 Å². The standard InChI is InChI=1S/C13H21NO4/c1-4-17-11(15)8-9-5-6-14-10(7-9)13(2,3)18-12(14)16/h9-10H,4-8H2,1-3H3/t9-,10+/m0/s1. The number of rotatable bonds is 3. The second-order valence-electron chi connectivity index (χ2n) is 5.58. The van der Waals surface area contributed by atoms with Crippen LogP contribution >= 0.6 is 0 Å². The Kier molecular flexibility index (Phi) is 3.50. The highest BCUT2D eigenvalue weighted by Crippen LogP contribution is 2.38. The third kappa shape index (κ3) is 2.44. The Balaban J connectivity index is 1.97. The van der Waals surface area contributed by atoms with Gasteiger partial charge in [0.1, 0.15) is 5.60 Å². The number of hydrogen-bond acceptors (Lipinski definition) is 4. The highest BCUT2D eigenvalue weighted by atomic mass is 16.6. The summed E-state index contributed by atoms with van der Waals surface area (Å²) in [4.78, 5) is 25.0. The molecule has 0 radical (unpaired) electrons. The molecule has 0 aliphatic carbocycles. The van der Waals surface area contributed by atoms with Crippen LogP contribution in [0.5, 0.6) is 0 Å². The number of nitrogens with zero attached hydrogens (tertiary/aromatic N) is 1. The monoisotopic (exact) mass is 255 g/mol. The van der Waals surface area contributed by atoms with Gasteiger partial charge in [-0.3, -0.25) is 4.79 Å². The van der Waals surface area contributed by atoms with E-state index in [4.69, 9.17) is 9.47 Å². The van der Waals surface area contributed by atoms with Crippen molar-refractivity contribution in [1.82, 2.24) is 4.90 Å². The van der Waals surface area contributed by atoms with Crippen LogP contribution < -0.4 is 0 Å². The molecule has 0 N–H and O–H groups in total. The number of esters is 1. The van der Waals surface area contributed by atoms with E-state index in [1.807, 2.05) is 20.8 Å². The number of ether oxygens (including phenoxy) is 2. The molecule has 2 atom stereocenters. The third-order valence-electron chi connectivity index (χ3n) is 3.86. The van der Waals surface area contributed by atoms with Gasteiger partial charge < -0.3 is 14.4 Å². The Morgan fingerprint density at radius 2 is 2.28 bits per heavy atom. The first-order chi connectivity index (χ1) is 8.44. The largest absolute Gasteiger partial charge is 0.466 e. The van der Waals surface area contributed by atoms with Crippen LogP contribution in [-0.4, -0.2) is 41.8 Å². The van der Waals surface area contributed by atoms with E-state index in [9.17, 15) is 9.59 Å². The lowest BCUT2D eigenvalue weighted by Gasteiger charge is -2.36. The van der Waals surface area contributed by atoms with Crippen LogP contribution in [0.2, 0.25) is 0 Å². The van der Waals surface area contributed by atoms with E-state index in [0.717, 1.165) is 12.8 Å². The Bertz CT molecular complexity index is 353. The predicted octanol–water partition coefficient (Wildman–Crippen LogP) is 1.95. The van der Waals surface area contributed by atoms with Gasteiger partial charge in [-0.1, -0.05) is 0 Å². The Morgan fingerprint density at radius 1 is 1.56 bits per heavy atom. The smallest absolute Gasteiger partial charge is 0.410 e. The molecule has 0 aromatic carbocycles. The molecule has 2 saturated heterocycles. The third-order valence-corrected chi connectivity index (χ3v) is 3.86. The van der Waals surface area contributed by atoms with E-state index in [1.165, 1.54) is 0 Å². The summed E-state index contributed by atoms with van der Waals surface area (Å²) >= 11 is 0. The molecule has 0 spiro atoms. The van der Waals surface area contributed by atoms with Crippen LogP contribution in [-0.2, 0) is 14.3 Å². The number of fused-ring (bicyclic) bond motifs is 1. The zero-order chi connectivity index (χ0) is 13.3. The highest BCUT2D eigenvalue weighted by Gasteiger charge is 2.50. The molecular weight excluding hydrogens is 234 g/mol. The fraction of sp³-hybridized carbons (Fsp3) is 0.846.